The van der Waals surface area contributed by atoms with E-state index in [1.807, 2.05) is 0 Å². The summed E-state index contributed by atoms with van der Waals surface area (Å²) in [5, 5.41) is 0. The summed E-state index contributed by atoms with van der Waals surface area (Å²) in [5.41, 5.74) is 0. The SMILES string of the molecule is CCCCCCCCCCCCCCCCC(=O)O[C@H](COC(=O)CCCCCCCCCCC)COC(=O)CCCCCCCCCCCC(C)C. The third-order valence-corrected chi connectivity index (χ3v) is 10.5. The van der Waals surface area contributed by atoms with E-state index in [-0.39, 0.29) is 31.1 Å². The molecule has 1 atom stereocenters. The molecule has 0 unspecified atom stereocenters. The van der Waals surface area contributed by atoms with Crippen LogP contribution in [0.5, 0.6) is 0 Å². The standard InChI is InChI=1S/C47H90O6/c1-5-7-9-11-13-15-16-17-18-19-23-28-32-36-40-47(50)53-44(41-51-45(48)38-34-30-26-21-14-12-10-8-6-2)42-52-46(49)39-35-31-27-24-20-22-25-29-33-37-43(3)4/h43-44H,5-42H2,1-4H3/t44-/m1/s1. The van der Waals surface area contributed by atoms with Crippen LogP contribution in [0.25, 0.3) is 0 Å². The van der Waals surface area contributed by atoms with Crippen molar-refractivity contribution in [1.82, 2.24) is 0 Å². The van der Waals surface area contributed by atoms with Crippen molar-refractivity contribution in [2.24, 2.45) is 5.92 Å². The van der Waals surface area contributed by atoms with Gasteiger partial charge in [0.2, 0.25) is 0 Å². The van der Waals surface area contributed by atoms with Crippen LogP contribution in [0.15, 0.2) is 0 Å². The Kier molecular flexibility index (Phi) is 40.3. The van der Waals surface area contributed by atoms with E-state index in [1.54, 1.807) is 0 Å². The quantitative estimate of drug-likeness (QED) is 0.0351. The molecule has 0 saturated heterocycles. The minimum Gasteiger partial charge on any atom is -0.462 e. The molecule has 53 heavy (non-hydrogen) atoms. The Labute approximate surface area is 329 Å². The third-order valence-electron chi connectivity index (χ3n) is 10.5. The second-order valence-corrected chi connectivity index (χ2v) is 16.5. The van der Waals surface area contributed by atoms with Gasteiger partial charge in [0.15, 0.2) is 6.10 Å². The molecule has 314 valence electrons. The maximum atomic E-state index is 12.7. The van der Waals surface area contributed by atoms with E-state index in [0.717, 1.165) is 63.7 Å². The molecular formula is C47H90O6. The van der Waals surface area contributed by atoms with Gasteiger partial charge in [-0.1, -0.05) is 220 Å². The fourth-order valence-electron chi connectivity index (χ4n) is 6.98. The fourth-order valence-corrected chi connectivity index (χ4v) is 6.98. The fraction of sp³-hybridized carbons (Fsp3) is 0.936. The summed E-state index contributed by atoms with van der Waals surface area (Å²) in [6, 6.07) is 0. The molecular weight excluding hydrogens is 661 g/mol. The largest absolute Gasteiger partial charge is 0.462 e. The van der Waals surface area contributed by atoms with Crippen molar-refractivity contribution in [3.05, 3.63) is 0 Å². The van der Waals surface area contributed by atoms with Crippen molar-refractivity contribution >= 4 is 17.9 Å². The van der Waals surface area contributed by atoms with Gasteiger partial charge in [-0.05, 0) is 25.2 Å². The highest BCUT2D eigenvalue weighted by molar-refractivity contribution is 5.71. The summed E-state index contributed by atoms with van der Waals surface area (Å²) in [6.45, 7) is 8.96. The summed E-state index contributed by atoms with van der Waals surface area (Å²) in [6.07, 6.45) is 40.9. The van der Waals surface area contributed by atoms with Crippen LogP contribution in [0, 0.1) is 5.92 Å². The predicted octanol–water partition coefficient (Wildman–Crippen LogP) is 14.7. The zero-order valence-electron chi connectivity index (χ0n) is 36.0. The van der Waals surface area contributed by atoms with Crippen LogP contribution in [0.2, 0.25) is 0 Å². The van der Waals surface area contributed by atoms with Crippen molar-refractivity contribution in [3.8, 4) is 0 Å². The van der Waals surface area contributed by atoms with Crippen LogP contribution in [-0.4, -0.2) is 37.2 Å². The molecule has 6 nitrogen and oxygen atoms in total. The van der Waals surface area contributed by atoms with E-state index in [2.05, 4.69) is 27.7 Å². The Morgan fingerprint density at radius 1 is 0.358 bits per heavy atom. The van der Waals surface area contributed by atoms with Crippen molar-refractivity contribution in [3.63, 3.8) is 0 Å². The molecule has 0 aromatic heterocycles. The zero-order valence-corrected chi connectivity index (χ0v) is 36.0. The molecule has 0 aliphatic carbocycles. The van der Waals surface area contributed by atoms with Crippen LogP contribution in [-0.2, 0) is 28.6 Å². The number of rotatable bonds is 42. The minimum absolute atomic E-state index is 0.0640. The monoisotopic (exact) mass is 751 g/mol. The van der Waals surface area contributed by atoms with Gasteiger partial charge in [-0.15, -0.1) is 0 Å². The minimum atomic E-state index is -0.759. The number of ether oxygens (including phenoxy) is 3. The average molecular weight is 751 g/mol. The van der Waals surface area contributed by atoms with E-state index < -0.39 is 6.10 Å². The lowest BCUT2D eigenvalue weighted by Crippen LogP contribution is -2.30. The average Bonchev–Trinajstić information content (AvgIpc) is 3.14. The lowest BCUT2D eigenvalue weighted by molar-refractivity contribution is -0.167. The number of hydrogen-bond donors (Lipinski definition) is 0. The van der Waals surface area contributed by atoms with Gasteiger partial charge in [-0.3, -0.25) is 14.4 Å². The Morgan fingerprint density at radius 3 is 0.925 bits per heavy atom. The molecule has 0 spiro atoms. The summed E-state index contributed by atoms with van der Waals surface area (Å²) < 4.78 is 16.7. The number of hydrogen-bond acceptors (Lipinski definition) is 6. The van der Waals surface area contributed by atoms with Crippen molar-refractivity contribution in [2.45, 2.75) is 265 Å². The summed E-state index contributed by atoms with van der Waals surface area (Å²) in [4.78, 5) is 37.7. The first-order chi connectivity index (χ1) is 25.9. The topological polar surface area (TPSA) is 78.9 Å². The Hall–Kier alpha value is -1.59. The van der Waals surface area contributed by atoms with Gasteiger partial charge in [0.05, 0.1) is 0 Å². The Morgan fingerprint density at radius 2 is 0.623 bits per heavy atom. The molecule has 0 aromatic carbocycles. The van der Waals surface area contributed by atoms with Gasteiger partial charge in [0.1, 0.15) is 13.2 Å². The molecule has 0 amide bonds. The number of esters is 3. The first-order valence-corrected chi connectivity index (χ1v) is 23.4. The first kappa shape index (κ1) is 51.4. The van der Waals surface area contributed by atoms with Crippen LogP contribution < -0.4 is 0 Å². The molecule has 0 aliphatic rings. The van der Waals surface area contributed by atoms with Crippen molar-refractivity contribution in [1.29, 1.82) is 0 Å². The Bertz CT molecular complexity index is 796. The second kappa shape index (κ2) is 41.6. The molecule has 0 aromatic rings. The third kappa shape index (κ3) is 41.4. The molecule has 0 rings (SSSR count). The Balaban J connectivity index is 4.31. The van der Waals surface area contributed by atoms with Crippen LogP contribution in [0.1, 0.15) is 259 Å². The van der Waals surface area contributed by atoms with E-state index in [1.165, 1.54) is 154 Å². The van der Waals surface area contributed by atoms with Gasteiger partial charge in [-0.2, -0.15) is 0 Å². The zero-order chi connectivity index (χ0) is 38.9. The highest BCUT2D eigenvalue weighted by Gasteiger charge is 2.19. The highest BCUT2D eigenvalue weighted by atomic mass is 16.6. The molecule has 0 aliphatic heterocycles. The van der Waals surface area contributed by atoms with Gasteiger partial charge < -0.3 is 14.2 Å². The van der Waals surface area contributed by atoms with E-state index in [0.29, 0.717) is 19.3 Å². The lowest BCUT2D eigenvalue weighted by Gasteiger charge is -2.18. The van der Waals surface area contributed by atoms with E-state index in [4.69, 9.17) is 14.2 Å². The first-order valence-electron chi connectivity index (χ1n) is 23.4. The lowest BCUT2D eigenvalue weighted by atomic mass is 10.0. The van der Waals surface area contributed by atoms with Crippen molar-refractivity contribution in [2.75, 3.05) is 13.2 Å². The second-order valence-electron chi connectivity index (χ2n) is 16.5. The molecule has 6 heteroatoms. The van der Waals surface area contributed by atoms with E-state index >= 15 is 0 Å². The molecule has 0 N–H and O–H groups in total. The summed E-state index contributed by atoms with van der Waals surface area (Å²) in [7, 11) is 0. The molecule has 0 radical (unpaired) electrons. The van der Waals surface area contributed by atoms with E-state index in [9.17, 15) is 14.4 Å². The maximum Gasteiger partial charge on any atom is 0.306 e. The molecule has 0 bridgehead atoms. The molecule has 0 saturated carbocycles. The number of carbonyl (C=O) groups is 3. The van der Waals surface area contributed by atoms with Crippen LogP contribution >= 0.6 is 0 Å². The summed E-state index contributed by atoms with van der Waals surface area (Å²) in [5.74, 6) is -0.0463. The van der Waals surface area contributed by atoms with Crippen molar-refractivity contribution < 1.29 is 28.6 Å². The predicted molar refractivity (Wildman–Crippen MR) is 224 cm³/mol. The number of carbonyl (C=O) groups excluding carboxylic acids is 3. The van der Waals surface area contributed by atoms with Gasteiger partial charge >= 0.3 is 17.9 Å². The maximum absolute atomic E-state index is 12.7. The number of unbranched alkanes of at least 4 members (excludes halogenated alkanes) is 29. The van der Waals surface area contributed by atoms with Gasteiger partial charge in [0, 0.05) is 19.3 Å². The van der Waals surface area contributed by atoms with Crippen LogP contribution in [0.4, 0.5) is 0 Å². The van der Waals surface area contributed by atoms with Gasteiger partial charge in [0.25, 0.3) is 0 Å². The molecule has 0 heterocycles. The smallest absolute Gasteiger partial charge is 0.306 e. The van der Waals surface area contributed by atoms with Crippen LogP contribution in [0.3, 0.4) is 0 Å². The highest BCUT2D eigenvalue weighted by Crippen LogP contribution is 2.16. The molecule has 0 fully saturated rings. The summed E-state index contributed by atoms with van der Waals surface area (Å²) >= 11 is 0. The normalized spacial score (nSPS) is 11.9. The van der Waals surface area contributed by atoms with Gasteiger partial charge in [-0.25, -0.2) is 0 Å².